The highest BCUT2D eigenvalue weighted by atomic mass is 19.1. The molecule has 1 heterocycles. The number of rotatable bonds is 7. The molecule has 3 nitrogen and oxygen atoms in total. The number of ether oxygens (including phenoxy) is 1. The van der Waals surface area contributed by atoms with Gasteiger partial charge in [0.15, 0.2) is 0 Å². The van der Waals surface area contributed by atoms with E-state index >= 15 is 0 Å². The van der Waals surface area contributed by atoms with Crippen molar-refractivity contribution in [1.29, 1.82) is 0 Å². The summed E-state index contributed by atoms with van der Waals surface area (Å²) in [5.41, 5.74) is 1.88. The standard InChI is InChI=1S/C17H21FN2O/c1-3-9-21-16-7-5-13(6-8-16)17(20-4-2)14-10-15(18)12-19-11-14/h5-8,10-12,17,20H,3-4,9H2,1-2H3. The van der Waals surface area contributed by atoms with E-state index in [0.29, 0.717) is 6.61 Å². The second-order valence-electron chi connectivity index (χ2n) is 4.84. The van der Waals surface area contributed by atoms with Crippen LogP contribution in [0, 0.1) is 5.82 Å². The van der Waals surface area contributed by atoms with Crippen molar-refractivity contribution in [2.24, 2.45) is 0 Å². The highest BCUT2D eigenvalue weighted by Gasteiger charge is 2.14. The molecule has 0 aliphatic heterocycles. The minimum atomic E-state index is -0.321. The van der Waals surface area contributed by atoms with Gasteiger partial charge in [0.25, 0.3) is 0 Å². The average molecular weight is 288 g/mol. The molecule has 0 saturated carbocycles. The van der Waals surface area contributed by atoms with Crippen LogP contribution in [0.15, 0.2) is 42.7 Å². The fourth-order valence-electron chi connectivity index (χ4n) is 2.19. The van der Waals surface area contributed by atoms with Crippen LogP contribution in [0.3, 0.4) is 0 Å². The average Bonchev–Trinajstić information content (AvgIpc) is 2.51. The number of hydrogen-bond donors (Lipinski definition) is 1. The number of aromatic nitrogens is 1. The molecule has 21 heavy (non-hydrogen) atoms. The van der Waals surface area contributed by atoms with Crippen LogP contribution in [0.1, 0.15) is 37.4 Å². The summed E-state index contributed by atoms with van der Waals surface area (Å²) in [5.74, 6) is 0.534. The Morgan fingerprint density at radius 2 is 1.90 bits per heavy atom. The summed E-state index contributed by atoms with van der Waals surface area (Å²) in [4.78, 5) is 3.93. The third kappa shape index (κ3) is 4.26. The predicted octanol–water partition coefficient (Wildman–Crippen LogP) is 3.71. The van der Waals surface area contributed by atoms with E-state index in [4.69, 9.17) is 4.74 Å². The van der Waals surface area contributed by atoms with Crippen LogP contribution in [0.4, 0.5) is 4.39 Å². The molecule has 1 aromatic carbocycles. The summed E-state index contributed by atoms with van der Waals surface area (Å²) < 4.78 is 19.0. The third-order valence-electron chi connectivity index (χ3n) is 3.15. The normalized spacial score (nSPS) is 12.1. The van der Waals surface area contributed by atoms with E-state index in [0.717, 1.165) is 29.8 Å². The van der Waals surface area contributed by atoms with Crippen LogP contribution in [-0.4, -0.2) is 18.1 Å². The van der Waals surface area contributed by atoms with E-state index < -0.39 is 0 Å². The summed E-state index contributed by atoms with van der Waals surface area (Å²) >= 11 is 0. The monoisotopic (exact) mass is 288 g/mol. The molecule has 1 N–H and O–H groups in total. The summed E-state index contributed by atoms with van der Waals surface area (Å²) in [5, 5.41) is 3.36. The Kier molecular flexibility index (Phi) is 5.69. The molecule has 0 spiro atoms. The molecule has 0 amide bonds. The van der Waals surface area contributed by atoms with Gasteiger partial charge in [-0.15, -0.1) is 0 Å². The molecule has 2 rings (SSSR count). The van der Waals surface area contributed by atoms with Crippen LogP contribution in [-0.2, 0) is 0 Å². The quantitative estimate of drug-likeness (QED) is 0.843. The van der Waals surface area contributed by atoms with Gasteiger partial charge in [0, 0.05) is 6.20 Å². The molecule has 4 heteroatoms. The lowest BCUT2D eigenvalue weighted by Crippen LogP contribution is -2.22. The Morgan fingerprint density at radius 3 is 2.52 bits per heavy atom. The van der Waals surface area contributed by atoms with Gasteiger partial charge >= 0.3 is 0 Å². The number of pyridine rings is 1. The van der Waals surface area contributed by atoms with Gasteiger partial charge < -0.3 is 10.1 Å². The van der Waals surface area contributed by atoms with Gasteiger partial charge in [-0.3, -0.25) is 4.98 Å². The summed E-state index contributed by atoms with van der Waals surface area (Å²) in [6.07, 6.45) is 3.89. The van der Waals surface area contributed by atoms with Crippen molar-refractivity contribution in [3.05, 3.63) is 59.7 Å². The first-order valence-corrected chi connectivity index (χ1v) is 7.31. The number of halogens is 1. The van der Waals surface area contributed by atoms with Crippen LogP contribution < -0.4 is 10.1 Å². The lowest BCUT2D eigenvalue weighted by Gasteiger charge is -2.19. The Bertz CT molecular complexity index is 557. The van der Waals surface area contributed by atoms with Gasteiger partial charge in [0.05, 0.1) is 18.8 Å². The molecule has 0 fully saturated rings. The van der Waals surface area contributed by atoms with Gasteiger partial charge in [-0.1, -0.05) is 26.0 Å². The first-order valence-electron chi connectivity index (χ1n) is 7.31. The molecule has 0 saturated heterocycles. The highest BCUT2D eigenvalue weighted by Crippen LogP contribution is 2.24. The number of nitrogens with zero attached hydrogens (tertiary/aromatic N) is 1. The van der Waals surface area contributed by atoms with Crippen molar-refractivity contribution in [1.82, 2.24) is 10.3 Å². The molecule has 0 aliphatic rings. The maximum Gasteiger partial charge on any atom is 0.141 e. The molecule has 2 aromatic rings. The van der Waals surface area contributed by atoms with Crippen molar-refractivity contribution in [3.63, 3.8) is 0 Å². The largest absolute Gasteiger partial charge is 0.494 e. The molecule has 112 valence electrons. The molecule has 1 aromatic heterocycles. The minimum absolute atomic E-state index is 0.0709. The molecule has 1 atom stereocenters. The minimum Gasteiger partial charge on any atom is -0.494 e. The van der Waals surface area contributed by atoms with Crippen LogP contribution in [0.5, 0.6) is 5.75 Å². The van der Waals surface area contributed by atoms with Crippen LogP contribution >= 0.6 is 0 Å². The third-order valence-corrected chi connectivity index (χ3v) is 3.15. The first kappa shape index (κ1) is 15.4. The lowest BCUT2D eigenvalue weighted by atomic mass is 10.00. The van der Waals surface area contributed by atoms with E-state index in [1.807, 2.05) is 31.2 Å². The number of hydrogen-bond acceptors (Lipinski definition) is 3. The topological polar surface area (TPSA) is 34.1 Å². The summed E-state index contributed by atoms with van der Waals surface area (Å²) in [7, 11) is 0. The summed E-state index contributed by atoms with van der Waals surface area (Å²) in [6.45, 7) is 5.60. The van der Waals surface area contributed by atoms with Crippen LogP contribution in [0.2, 0.25) is 0 Å². The molecule has 1 unspecified atom stereocenters. The van der Waals surface area contributed by atoms with E-state index in [2.05, 4.69) is 17.2 Å². The Labute approximate surface area is 125 Å². The van der Waals surface area contributed by atoms with Crippen molar-refractivity contribution in [2.45, 2.75) is 26.3 Å². The zero-order valence-electron chi connectivity index (χ0n) is 12.5. The van der Waals surface area contributed by atoms with E-state index in [1.54, 1.807) is 6.20 Å². The number of benzene rings is 1. The zero-order valence-corrected chi connectivity index (χ0v) is 12.5. The Balaban J connectivity index is 2.21. The zero-order chi connectivity index (χ0) is 15.1. The van der Waals surface area contributed by atoms with Crippen LogP contribution in [0.25, 0.3) is 0 Å². The van der Waals surface area contributed by atoms with Gasteiger partial charge in [-0.25, -0.2) is 4.39 Å². The van der Waals surface area contributed by atoms with Gasteiger partial charge in [-0.2, -0.15) is 0 Å². The van der Waals surface area contributed by atoms with Gasteiger partial charge in [0.1, 0.15) is 11.6 Å². The van der Waals surface area contributed by atoms with Gasteiger partial charge in [0.2, 0.25) is 0 Å². The maximum atomic E-state index is 13.4. The second kappa shape index (κ2) is 7.74. The second-order valence-corrected chi connectivity index (χ2v) is 4.84. The molecule has 0 bridgehead atoms. The molecular formula is C17H21FN2O. The maximum absolute atomic E-state index is 13.4. The molecular weight excluding hydrogens is 267 g/mol. The SMILES string of the molecule is CCCOc1ccc(C(NCC)c2cncc(F)c2)cc1. The van der Waals surface area contributed by atoms with E-state index in [1.165, 1.54) is 12.3 Å². The lowest BCUT2D eigenvalue weighted by molar-refractivity contribution is 0.317. The number of nitrogens with one attached hydrogen (secondary N) is 1. The smallest absolute Gasteiger partial charge is 0.141 e. The molecule has 0 radical (unpaired) electrons. The predicted molar refractivity (Wildman–Crippen MR) is 81.9 cm³/mol. The fraction of sp³-hybridized carbons (Fsp3) is 0.353. The van der Waals surface area contributed by atoms with Crippen molar-refractivity contribution in [2.75, 3.05) is 13.2 Å². The molecule has 0 aliphatic carbocycles. The van der Waals surface area contributed by atoms with Crippen molar-refractivity contribution < 1.29 is 9.13 Å². The van der Waals surface area contributed by atoms with Gasteiger partial charge in [-0.05, 0) is 42.3 Å². The first-order chi connectivity index (χ1) is 10.2. The Hall–Kier alpha value is -1.94. The van der Waals surface area contributed by atoms with E-state index in [-0.39, 0.29) is 11.9 Å². The van der Waals surface area contributed by atoms with Crippen molar-refractivity contribution >= 4 is 0 Å². The highest BCUT2D eigenvalue weighted by molar-refractivity contribution is 5.34. The van der Waals surface area contributed by atoms with E-state index in [9.17, 15) is 4.39 Å². The summed E-state index contributed by atoms with van der Waals surface area (Å²) in [6, 6.07) is 9.34. The Morgan fingerprint density at radius 1 is 1.14 bits per heavy atom. The fourth-order valence-corrected chi connectivity index (χ4v) is 2.19. The van der Waals surface area contributed by atoms with Crippen molar-refractivity contribution in [3.8, 4) is 5.75 Å².